The van der Waals surface area contributed by atoms with Gasteiger partial charge in [-0.25, -0.2) is 0 Å². The SMILES string of the molecule is Cc1cc(C)c2c(c1)C1(OCCCO1)C(=O)N2Cc1ccc(Cl)cc1Cl. The number of halogens is 2. The zero-order valence-corrected chi connectivity index (χ0v) is 16.2. The number of ether oxygens (including phenoxy) is 2. The van der Waals surface area contributed by atoms with Crippen LogP contribution in [0.5, 0.6) is 0 Å². The summed E-state index contributed by atoms with van der Waals surface area (Å²) >= 11 is 12.3. The number of anilines is 1. The van der Waals surface area contributed by atoms with Crippen LogP contribution in [0.15, 0.2) is 30.3 Å². The number of aryl methyl sites for hydroxylation is 2. The molecule has 0 aromatic heterocycles. The highest BCUT2D eigenvalue weighted by molar-refractivity contribution is 6.35. The molecule has 0 aliphatic carbocycles. The first-order chi connectivity index (χ1) is 12.4. The lowest BCUT2D eigenvalue weighted by Gasteiger charge is -2.32. The standard InChI is InChI=1S/C20H19Cl2NO3/c1-12-8-13(2)18-16(9-12)20(25-6-3-7-26-20)19(24)23(18)11-14-4-5-15(21)10-17(14)22/h4-5,8-10H,3,6-7,11H2,1-2H3. The van der Waals surface area contributed by atoms with Crippen molar-refractivity contribution in [1.29, 1.82) is 0 Å². The van der Waals surface area contributed by atoms with E-state index < -0.39 is 5.79 Å². The molecule has 2 aromatic carbocycles. The number of amides is 1. The average Bonchev–Trinajstić information content (AvgIpc) is 2.81. The van der Waals surface area contributed by atoms with E-state index in [9.17, 15) is 4.79 Å². The molecule has 0 N–H and O–H groups in total. The lowest BCUT2D eigenvalue weighted by atomic mass is 10.00. The Kier molecular flexibility index (Phi) is 4.48. The molecule has 1 saturated heterocycles. The predicted octanol–water partition coefficient (Wildman–Crippen LogP) is 4.75. The van der Waals surface area contributed by atoms with Crippen LogP contribution in [-0.2, 0) is 26.6 Å². The highest BCUT2D eigenvalue weighted by Crippen LogP contribution is 2.48. The molecule has 0 bridgehead atoms. The van der Waals surface area contributed by atoms with E-state index in [1.54, 1.807) is 17.0 Å². The molecule has 2 aliphatic heterocycles. The number of carbonyl (C=O) groups excluding carboxylic acids is 1. The maximum absolute atomic E-state index is 13.4. The molecule has 136 valence electrons. The maximum atomic E-state index is 13.4. The van der Waals surface area contributed by atoms with Crippen molar-refractivity contribution in [2.24, 2.45) is 0 Å². The van der Waals surface area contributed by atoms with Crippen LogP contribution < -0.4 is 4.90 Å². The van der Waals surface area contributed by atoms with Crippen molar-refractivity contribution in [2.45, 2.75) is 32.6 Å². The quantitative estimate of drug-likeness (QED) is 0.741. The van der Waals surface area contributed by atoms with E-state index in [1.165, 1.54) is 0 Å². The lowest BCUT2D eigenvalue weighted by molar-refractivity contribution is -0.256. The molecule has 6 heteroatoms. The Bertz CT molecular complexity index is 891. The molecule has 2 heterocycles. The summed E-state index contributed by atoms with van der Waals surface area (Å²) in [5.74, 6) is -1.55. The van der Waals surface area contributed by atoms with Crippen LogP contribution in [0.2, 0.25) is 10.0 Å². The normalized spacial score (nSPS) is 18.5. The summed E-state index contributed by atoms with van der Waals surface area (Å²) in [5, 5.41) is 1.09. The molecule has 2 aliphatic rings. The van der Waals surface area contributed by atoms with Gasteiger partial charge in [-0.2, -0.15) is 0 Å². The summed E-state index contributed by atoms with van der Waals surface area (Å²) in [5.41, 5.74) is 4.52. The number of benzene rings is 2. The van der Waals surface area contributed by atoms with Crippen molar-refractivity contribution in [1.82, 2.24) is 0 Å². The summed E-state index contributed by atoms with van der Waals surface area (Å²) in [4.78, 5) is 15.1. The van der Waals surface area contributed by atoms with Gasteiger partial charge in [0.25, 0.3) is 11.7 Å². The third kappa shape index (κ3) is 2.72. The lowest BCUT2D eigenvalue weighted by Crippen LogP contribution is -2.47. The van der Waals surface area contributed by atoms with Crippen LogP contribution in [0.4, 0.5) is 5.69 Å². The van der Waals surface area contributed by atoms with Crippen LogP contribution in [0, 0.1) is 13.8 Å². The zero-order valence-electron chi connectivity index (χ0n) is 14.6. The molecular weight excluding hydrogens is 373 g/mol. The second-order valence-electron chi connectivity index (χ2n) is 6.77. The fourth-order valence-corrected chi connectivity index (χ4v) is 4.21. The minimum atomic E-state index is -1.34. The van der Waals surface area contributed by atoms with Gasteiger partial charge in [-0.1, -0.05) is 40.9 Å². The minimum absolute atomic E-state index is 0.202. The molecule has 4 rings (SSSR count). The molecule has 1 amide bonds. The van der Waals surface area contributed by atoms with Crippen molar-refractivity contribution in [2.75, 3.05) is 18.1 Å². The molecule has 0 unspecified atom stereocenters. The molecule has 0 atom stereocenters. The van der Waals surface area contributed by atoms with Gasteiger partial charge >= 0.3 is 0 Å². The summed E-state index contributed by atoms with van der Waals surface area (Å²) in [6, 6.07) is 9.34. The maximum Gasteiger partial charge on any atom is 0.292 e. The molecule has 1 fully saturated rings. The first-order valence-electron chi connectivity index (χ1n) is 8.58. The molecule has 26 heavy (non-hydrogen) atoms. The first-order valence-corrected chi connectivity index (χ1v) is 9.33. The molecule has 4 nitrogen and oxygen atoms in total. The topological polar surface area (TPSA) is 38.8 Å². The number of carbonyl (C=O) groups is 1. The van der Waals surface area contributed by atoms with Crippen molar-refractivity contribution in [3.8, 4) is 0 Å². The van der Waals surface area contributed by atoms with Gasteiger partial charge in [0.05, 0.1) is 25.4 Å². The largest absolute Gasteiger partial charge is 0.338 e. The zero-order chi connectivity index (χ0) is 18.5. The average molecular weight is 392 g/mol. The van der Waals surface area contributed by atoms with Gasteiger partial charge in [-0.15, -0.1) is 0 Å². The van der Waals surface area contributed by atoms with E-state index in [-0.39, 0.29) is 5.91 Å². The Morgan fingerprint density at radius 2 is 1.85 bits per heavy atom. The van der Waals surface area contributed by atoms with E-state index in [1.807, 2.05) is 26.0 Å². The Morgan fingerprint density at radius 3 is 2.54 bits per heavy atom. The van der Waals surface area contributed by atoms with Crippen LogP contribution in [-0.4, -0.2) is 19.1 Å². The van der Waals surface area contributed by atoms with Crippen LogP contribution in [0.1, 0.15) is 28.7 Å². The van der Waals surface area contributed by atoms with Gasteiger partial charge in [0.15, 0.2) is 0 Å². The Hall–Kier alpha value is -1.59. The molecule has 1 spiro atoms. The Morgan fingerprint density at radius 1 is 1.12 bits per heavy atom. The van der Waals surface area contributed by atoms with Gasteiger partial charge in [-0.3, -0.25) is 4.79 Å². The Labute approximate surface area is 162 Å². The van der Waals surface area contributed by atoms with Crippen LogP contribution >= 0.6 is 23.2 Å². The van der Waals surface area contributed by atoms with E-state index >= 15 is 0 Å². The first kappa shape index (κ1) is 17.8. The Balaban J connectivity index is 1.82. The fourth-order valence-electron chi connectivity index (χ4n) is 3.75. The molecular formula is C20H19Cl2NO3. The smallest absolute Gasteiger partial charge is 0.292 e. The number of hydrogen-bond acceptors (Lipinski definition) is 3. The number of rotatable bonds is 2. The van der Waals surface area contributed by atoms with E-state index in [2.05, 4.69) is 6.07 Å². The third-order valence-electron chi connectivity index (χ3n) is 4.84. The van der Waals surface area contributed by atoms with E-state index in [0.29, 0.717) is 29.8 Å². The van der Waals surface area contributed by atoms with Gasteiger partial charge in [0, 0.05) is 15.6 Å². The highest BCUT2D eigenvalue weighted by atomic mass is 35.5. The predicted molar refractivity (Wildman–Crippen MR) is 102 cm³/mol. The fraction of sp³-hybridized carbons (Fsp3) is 0.350. The van der Waals surface area contributed by atoms with Crippen LogP contribution in [0.3, 0.4) is 0 Å². The highest BCUT2D eigenvalue weighted by Gasteiger charge is 2.55. The van der Waals surface area contributed by atoms with Gasteiger partial charge in [-0.05, 0) is 49.6 Å². The minimum Gasteiger partial charge on any atom is -0.338 e. The monoisotopic (exact) mass is 391 g/mol. The molecule has 2 aromatic rings. The van der Waals surface area contributed by atoms with Gasteiger partial charge < -0.3 is 14.4 Å². The van der Waals surface area contributed by atoms with Crippen molar-refractivity contribution < 1.29 is 14.3 Å². The summed E-state index contributed by atoms with van der Waals surface area (Å²) in [6.07, 6.45) is 0.776. The van der Waals surface area contributed by atoms with Crippen LogP contribution in [0.25, 0.3) is 0 Å². The van der Waals surface area contributed by atoms with Gasteiger partial charge in [0.1, 0.15) is 0 Å². The molecule has 0 saturated carbocycles. The van der Waals surface area contributed by atoms with Crippen molar-refractivity contribution in [3.05, 3.63) is 62.6 Å². The third-order valence-corrected chi connectivity index (χ3v) is 5.43. The van der Waals surface area contributed by atoms with E-state index in [4.69, 9.17) is 32.7 Å². The number of hydrogen-bond donors (Lipinski definition) is 0. The van der Waals surface area contributed by atoms with Crippen molar-refractivity contribution >= 4 is 34.8 Å². The molecule has 0 radical (unpaired) electrons. The second kappa shape index (κ2) is 6.54. The summed E-state index contributed by atoms with van der Waals surface area (Å²) in [6.45, 7) is 5.33. The van der Waals surface area contributed by atoms with Gasteiger partial charge in [0.2, 0.25) is 0 Å². The van der Waals surface area contributed by atoms with E-state index in [0.717, 1.165) is 34.4 Å². The summed E-state index contributed by atoms with van der Waals surface area (Å²) in [7, 11) is 0. The van der Waals surface area contributed by atoms with Crippen molar-refractivity contribution in [3.63, 3.8) is 0 Å². The number of nitrogens with zero attached hydrogens (tertiary/aromatic N) is 1. The second-order valence-corrected chi connectivity index (χ2v) is 7.62. The summed E-state index contributed by atoms with van der Waals surface area (Å²) < 4.78 is 11.8. The number of fused-ring (bicyclic) bond motifs is 2.